The summed E-state index contributed by atoms with van der Waals surface area (Å²) < 4.78 is 0. The van der Waals surface area contributed by atoms with E-state index in [4.69, 9.17) is 0 Å². The van der Waals surface area contributed by atoms with Crippen LogP contribution in [0.15, 0.2) is 24.3 Å². The zero-order chi connectivity index (χ0) is 13.9. The quantitative estimate of drug-likeness (QED) is 0.834. The van der Waals surface area contributed by atoms with Crippen LogP contribution >= 0.6 is 0 Å². The zero-order valence-corrected chi connectivity index (χ0v) is 12.3. The normalized spacial score (nSPS) is 22.2. The van der Waals surface area contributed by atoms with E-state index in [9.17, 15) is 4.79 Å². The van der Waals surface area contributed by atoms with E-state index in [0.717, 1.165) is 5.56 Å². The maximum Gasteiger partial charge on any atom is 0.176 e. The van der Waals surface area contributed by atoms with Crippen molar-refractivity contribution >= 4 is 5.78 Å². The van der Waals surface area contributed by atoms with Gasteiger partial charge in [-0.05, 0) is 43.2 Å². The summed E-state index contributed by atoms with van der Waals surface area (Å²) in [4.78, 5) is 11.8. The first-order valence-corrected chi connectivity index (χ1v) is 7.29. The molecule has 1 fully saturated rings. The molecule has 2 nitrogen and oxygen atoms in total. The molecular weight excluding hydrogens is 234 g/mol. The molecule has 1 aromatic carbocycles. The molecule has 0 saturated heterocycles. The Morgan fingerprint density at radius 2 is 2.00 bits per heavy atom. The molecule has 0 amide bonds. The first-order chi connectivity index (χ1) is 9.02. The summed E-state index contributed by atoms with van der Waals surface area (Å²) in [5.74, 6) is 0.829. The summed E-state index contributed by atoms with van der Waals surface area (Å²) in [6, 6.07) is 8.26. The summed E-state index contributed by atoms with van der Waals surface area (Å²) in [7, 11) is 1.80. The summed E-state index contributed by atoms with van der Waals surface area (Å²) in [5, 5.41) is 2.91. The van der Waals surface area contributed by atoms with Gasteiger partial charge in [0.15, 0.2) is 5.78 Å². The highest BCUT2D eigenvalue weighted by Gasteiger charge is 2.28. The van der Waals surface area contributed by atoms with Crippen LogP contribution in [0, 0.1) is 5.41 Å². The Balaban J connectivity index is 2.08. The van der Waals surface area contributed by atoms with E-state index in [1.165, 1.54) is 31.2 Å². The molecule has 1 aromatic rings. The molecule has 0 aromatic heterocycles. The van der Waals surface area contributed by atoms with Crippen molar-refractivity contribution in [2.45, 2.75) is 45.4 Å². The molecule has 1 unspecified atom stereocenters. The fourth-order valence-electron chi connectivity index (χ4n) is 3.19. The van der Waals surface area contributed by atoms with E-state index >= 15 is 0 Å². The SMILES string of the molecule is CNCC(=O)c1ccc(C2CCCC(C)(C)C2)cc1. The van der Waals surface area contributed by atoms with Gasteiger partial charge in [0.25, 0.3) is 0 Å². The van der Waals surface area contributed by atoms with Crippen molar-refractivity contribution < 1.29 is 4.79 Å². The minimum atomic E-state index is 0.165. The lowest BCUT2D eigenvalue weighted by Gasteiger charge is -2.35. The molecule has 1 aliphatic rings. The number of nitrogens with one attached hydrogen (secondary N) is 1. The van der Waals surface area contributed by atoms with Crippen molar-refractivity contribution in [3.63, 3.8) is 0 Å². The van der Waals surface area contributed by atoms with Gasteiger partial charge in [0, 0.05) is 5.56 Å². The van der Waals surface area contributed by atoms with Crippen LogP contribution in [0.1, 0.15) is 61.4 Å². The lowest BCUT2D eigenvalue weighted by Crippen LogP contribution is -2.21. The number of rotatable bonds is 4. The summed E-state index contributed by atoms with van der Waals surface area (Å²) in [6.07, 6.45) is 5.20. The molecule has 0 radical (unpaired) electrons. The molecule has 1 saturated carbocycles. The Bertz CT molecular complexity index is 433. The third-order valence-corrected chi connectivity index (χ3v) is 4.25. The Morgan fingerprint density at radius 1 is 1.32 bits per heavy atom. The second-order valence-corrected chi connectivity index (χ2v) is 6.53. The molecule has 0 bridgehead atoms. The van der Waals surface area contributed by atoms with Gasteiger partial charge in [-0.15, -0.1) is 0 Å². The third kappa shape index (κ3) is 3.66. The monoisotopic (exact) mass is 259 g/mol. The van der Waals surface area contributed by atoms with E-state index in [1.54, 1.807) is 7.05 Å². The molecule has 2 heteroatoms. The number of Topliss-reactive ketones (excluding diaryl/α,β-unsaturated/α-hetero) is 1. The Hall–Kier alpha value is -1.15. The van der Waals surface area contributed by atoms with Crippen LogP contribution < -0.4 is 5.32 Å². The number of hydrogen-bond donors (Lipinski definition) is 1. The van der Waals surface area contributed by atoms with Crippen LogP contribution in [-0.4, -0.2) is 19.4 Å². The average Bonchev–Trinajstić information content (AvgIpc) is 2.38. The Morgan fingerprint density at radius 3 is 2.58 bits per heavy atom. The van der Waals surface area contributed by atoms with Crippen molar-refractivity contribution in [3.8, 4) is 0 Å². The van der Waals surface area contributed by atoms with E-state index in [-0.39, 0.29) is 5.78 Å². The minimum Gasteiger partial charge on any atom is -0.313 e. The molecule has 104 valence electrons. The van der Waals surface area contributed by atoms with Gasteiger partial charge in [-0.2, -0.15) is 0 Å². The lowest BCUT2D eigenvalue weighted by molar-refractivity contribution is 0.0993. The van der Waals surface area contributed by atoms with Crippen molar-refractivity contribution in [1.82, 2.24) is 5.32 Å². The largest absolute Gasteiger partial charge is 0.313 e. The highest BCUT2D eigenvalue weighted by atomic mass is 16.1. The average molecular weight is 259 g/mol. The number of likely N-dealkylation sites (N-methyl/N-ethyl adjacent to an activating group) is 1. The molecule has 0 heterocycles. The fourth-order valence-corrected chi connectivity index (χ4v) is 3.19. The van der Waals surface area contributed by atoms with Gasteiger partial charge in [-0.25, -0.2) is 0 Å². The maximum absolute atomic E-state index is 11.8. The standard InChI is InChI=1S/C17H25NO/c1-17(2)10-4-5-15(11-17)13-6-8-14(9-7-13)16(19)12-18-3/h6-9,15,18H,4-5,10-12H2,1-3H3. The predicted molar refractivity (Wildman–Crippen MR) is 79.7 cm³/mol. The van der Waals surface area contributed by atoms with Gasteiger partial charge in [0.05, 0.1) is 6.54 Å². The molecule has 1 atom stereocenters. The van der Waals surface area contributed by atoms with Gasteiger partial charge in [-0.3, -0.25) is 4.79 Å². The van der Waals surface area contributed by atoms with Gasteiger partial charge in [-0.1, -0.05) is 44.5 Å². The number of carbonyl (C=O) groups is 1. The Kier molecular flexibility index (Phi) is 4.41. The highest BCUT2D eigenvalue weighted by molar-refractivity contribution is 5.97. The van der Waals surface area contributed by atoms with Crippen LogP contribution in [0.4, 0.5) is 0 Å². The van der Waals surface area contributed by atoms with Crippen LogP contribution in [0.2, 0.25) is 0 Å². The van der Waals surface area contributed by atoms with Crippen LogP contribution in [0.25, 0.3) is 0 Å². The summed E-state index contributed by atoms with van der Waals surface area (Å²) >= 11 is 0. The topological polar surface area (TPSA) is 29.1 Å². The molecule has 1 N–H and O–H groups in total. The number of benzene rings is 1. The predicted octanol–water partition coefficient (Wildman–Crippen LogP) is 3.77. The zero-order valence-electron chi connectivity index (χ0n) is 12.3. The first-order valence-electron chi connectivity index (χ1n) is 7.29. The van der Waals surface area contributed by atoms with Crippen molar-refractivity contribution in [2.75, 3.05) is 13.6 Å². The summed E-state index contributed by atoms with van der Waals surface area (Å²) in [6.45, 7) is 5.14. The summed E-state index contributed by atoms with van der Waals surface area (Å²) in [5.41, 5.74) is 2.67. The van der Waals surface area contributed by atoms with Gasteiger partial charge < -0.3 is 5.32 Å². The van der Waals surface area contributed by atoms with E-state index in [0.29, 0.717) is 17.9 Å². The van der Waals surface area contributed by atoms with Crippen LogP contribution in [-0.2, 0) is 0 Å². The van der Waals surface area contributed by atoms with E-state index in [1.807, 2.05) is 12.1 Å². The second-order valence-electron chi connectivity index (χ2n) is 6.53. The molecule has 1 aliphatic carbocycles. The molecule has 2 rings (SSSR count). The number of hydrogen-bond acceptors (Lipinski definition) is 2. The van der Waals surface area contributed by atoms with Crippen LogP contribution in [0.5, 0.6) is 0 Å². The first kappa shape index (κ1) is 14.3. The Labute approximate surface area is 116 Å². The van der Waals surface area contributed by atoms with Gasteiger partial charge >= 0.3 is 0 Å². The second kappa shape index (κ2) is 5.87. The highest BCUT2D eigenvalue weighted by Crippen LogP contribution is 2.43. The van der Waals surface area contributed by atoms with Crippen molar-refractivity contribution in [1.29, 1.82) is 0 Å². The van der Waals surface area contributed by atoms with Crippen molar-refractivity contribution in [3.05, 3.63) is 35.4 Å². The maximum atomic E-state index is 11.8. The number of carbonyl (C=O) groups excluding carboxylic acids is 1. The molecular formula is C17H25NO. The molecule has 0 spiro atoms. The van der Waals surface area contributed by atoms with E-state index < -0.39 is 0 Å². The smallest absolute Gasteiger partial charge is 0.176 e. The third-order valence-electron chi connectivity index (χ3n) is 4.25. The fraction of sp³-hybridized carbons (Fsp3) is 0.588. The molecule has 19 heavy (non-hydrogen) atoms. The van der Waals surface area contributed by atoms with Crippen molar-refractivity contribution in [2.24, 2.45) is 5.41 Å². The molecule has 0 aliphatic heterocycles. The van der Waals surface area contributed by atoms with E-state index in [2.05, 4.69) is 31.3 Å². The van der Waals surface area contributed by atoms with Crippen LogP contribution in [0.3, 0.4) is 0 Å². The lowest BCUT2D eigenvalue weighted by atomic mass is 9.70. The van der Waals surface area contributed by atoms with Gasteiger partial charge in [0.2, 0.25) is 0 Å². The number of ketones is 1. The minimum absolute atomic E-state index is 0.165. The van der Waals surface area contributed by atoms with Gasteiger partial charge in [0.1, 0.15) is 0 Å².